The van der Waals surface area contributed by atoms with E-state index in [1.165, 1.54) is 6.20 Å². The molecule has 0 spiro atoms. The van der Waals surface area contributed by atoms with Crippen LogP contribution in [0, 0.1) is 0 Å². The first-order chi connectivity index (χ1) is 11.3. The third-order valence-corrected chi connectivity index (χ3v) is 2.89. The van der Waals surface area contributed by atoms with Gasteiger partial charge in [-0.15, -0.1) is 5.10 Å². The standard InChI is InChI=1S/C15H13N3O2.CO2/c1-19-13-6-2-11(3-7-13)12-4-8-14(9-5-12)20-15-10-16-18-17-15;2-1-3/h2-10H,1H3,(H,16,17,18);. The van der Waals surface area contributed by atoms with Gasteiger partial charge in [0.2, 0.25) is 0 Å². The van der Waals surface area contributed by atoms with E-state index in [4.69, 9.17) is 19.1 Å². The molecule has 0 saturated heterocycles. The Balaban J connectivity index is 0.000000595. The number of rotatable bonds is 4. The molecule has 2 aromatic carbocycles. The summed E-state index contributed by atoms with van der Waals surface area (Å²) in [7, 11) is 1.66. The molecule has 0 saturated carbocycles. The Morgan fingerprint density at radius 3 is 1.87 bits per heavy atom. The number of nitrogens with zero attached hydrogens (tertiary/aromatic N) is 2. The average Bonchev–Trinajstić information content (AvgIpc) is 3.09. The van der Waals surface area contributed by atoms with E-state index in [9.17, 15) is 0 Å². The molecule has 7 nitrogen and oxygen atoms in total. The predicted octanol–water partition coefficient (Wildman–Crippen LogP) is 2.69. The zero-order valence-corrected chi connectivity index (χ0v) is 12.2. The lowest BCUT2D eigenvalue weighted by Gasteiger charge is -2.05. The van der Waals surface area contributed by atoms with Gasteiger partial charge in [0.15, 0.2) is 0 Å². The van der Waals surface area contributed by atoms with Gasteiger partial charge in [-0.3, -0.25) is 0 Å². The van der Waals surface area contributed by atoms with Crippen LogP contribution >= 0.6 is 0 Å². The Kier molecular flexibility index (Phi) is 5.62. The largest absolute Gasteiger partial charge is 0.497 e. The van der Waals surface area contributed by atoms with Crippen molar-refractivity contribution in [3.8, 4) is 28.5 Å². The maximum Gasteiger partial charge on any atom is 0.373 e. The van der Waals surface area contributed by atoms with Crippen molar-refractivity contribution in [2.24, 2.45) is 0 Å². The molecule has 0 amide bonds. The Morgan fingerprint density at radius 2 is 1.43 bits per heavy atom. The topological polar surface area (TPSA) is 94.2 Å². The highest BCUT2D eigenvalue weighted by Gasteiger charge is 2.02. The molecule has 1 heterocycles. The maximum atomic E-state index is 8.12. The molecule has 0 atom stereocenters. The van der Waals surface area contributed by atoms with Crippen LogP contribution < -0.4 is 9.47 Å². The van der Waals surface area contributed by atoms with Crippen LogP contribution in [0.25, 0.3) is 11.1 Å². The van der Waals surface area contributed by atoms with Crippen LogP contribution in [0.5, 0.6) is 17.4 Å². The number of H-pyrrole nitrogens is 1. The van der Waals surface area contributed by atoms with E-state index in [-0.39, 0.29) is 6.15 Å². The fourth-order valence-electron chi connectivity index (χ4n) is 1.86. The van der Waals surface area contributed by atoms with Crippen molar-refractivity contribution in [3.05, 3.63) is 54.7 Å². The Hall–Kier alpha value is -3.44. The van der Waals surface area contributed by atoms with E-state index in [0.29, 0.717) is 5.88 Å². The summed E-state index contributed by atoms with van der Waals surface area (Å²) < 4.78 is 10.7. The lowest BCUT2D eigenvalue weighted by Crippen LogP contribution is -1.85. The average molecular weight is 311 g/mol. The van der Waals surface area contributed by atoms with Crippen LogP contribution in [-0.4, -0.2) is 28.7 Å². The van der Waals surface area contributed by atoms with Crippen LogP contribution in [0.4, 0.5) is 0 Å². The number of aromatic amines is 1. The van der Waals surface area contributed by atoms with E-state index in [2.05, 4.69) is 15.4 Å². The van der Waals surface area contributed by atoms with Crippen molar-refractivity contribution < 1.29 is 19.1 Å². The van der Waals surface area contributed by atoms with Gasteiger partial charge in [0.25, 0.3) is 5.88 Å². The smallest absolute Gasteiger partial charge is 0.373 e. The molecule has 23 heavy (non-hydrogen) atoms. The van der Waals surface area contributed by atoms with E-state index in [1.807, 2.05) is 48.5 Å². The third kappa shape index (κ3) is 4.52. The van der Waals surface area contributed by atoms with Crippen LogP contribution in [0.1, 0.15) is 0 Å². The number of ether oxygens (including phenoxy) is 2. The summed E-state index contributed by atoms with van der Waals surface area (Å²) in [5.74, 6) is 2.01. The highest BCUT2D eigenvalue weighted by atomic mass is 16.5. The first kappa shape index (κ1) is 15.9. The van der Waals surface area contributed by atoms with Crippen molar-refractivity contribution in [2.45, 2.75) is 0 Å². The second-order valence-electron chi connectivity index (χ2n) is 4.25. The van der Waals surface area contributed by atoms with Gasteiger partial charge in [0.1, 0.15) is 17.7 Å². The van der Waals surface area contributed by atoms with E-state index >= 15 is 0 Å². The van der Waals surface area contributed by atoms with Gasteiger partial charge in [0.05, 0.1) is 7.11 Å². The molecule has 1 aromatic heterocycles. The quantitative estimate of drug-likeness (QED) is 0.796. The fraction of sp³-hybridized carbons (Fsp3) is 0.0625. The summed E-state index contributed by atoms with van der Waals surface area (Å²) in [6.45, 7) is 0. The van der Waals surface area contributed by atoms with Gasteiger partial charge >= 0.3 is 6.15 Å². The highest BCUT2D eigenvalue weighted by molar-refractivity contribution is 5.64. The number of methoxy groups -OCH3 is 1. The molecule has 0 fully saturated rings. The summed E-state index contributed by atoms with van der Waals surface area (Å²) in [6.07, 6.45) is 1.78. The van der Waals surface area contributed by atoms with Crippen LogP contribution in [0.2, 0.25) is 0 Å². The molecule has 0 aliphatic heterocycles. The SMILES string of the molecule is COc1ccc(-c2ccc(Oc3cn[nH]n3)cc2)cc1.O=C=O. The van der Waals surface area contributed by atoms with Crippen molar-refractivity contribution in [2.75, 3.05) is 7.11 Å². The molecule has 0 aliphatic rings. The number of aromatic nitrogens is 3. The predicted molar refractivity (Wildman–Crippen MR) is 79.9 cm³/mol. The molecule has 1 N–H and O–H groups in total. The van der Waals surface area contributed by atoms with Crippen LogP contribution in [0.15, 0.2) is 54.7 Å². The highest BCUT2D eigenvalue weighted by Crippen LogP contribution is 2.26. The lowest BCUT2D eigenvalue weighted by molar-refractivity contribution is -0.191. The minimum Gasteiger partial charge on any atom is -0.497 e. The van der Waals surface area contributed by atoms with Gasteiger partial charge in [-0.2, -0.15) is 19.9 Å². The molecular weight excluding hydrogens is 298 g/mol. The van der Waals surface area contributed by atoms with Gasteiger partial charge < -0.3 is 9.47 Å². The number of hydrogen-bond acceptors (Lipinski definition) is 6. The Morgan fingerprint density at radius 1 is 0.913 bits per heavy atom. The summed E-state index contributed by atoms with van der Waals surface area (Å²) >= 11 is 0. The first-order valence-corrected chi connectivity index (χ1v) is 6.54. The van der Waals surface area contributed by atoms with Gasteiger partial charge in [-0.25, -0.2) is 0 Å². The number of benzene rings is 2. The second kappa shape index (κ2) is 8.11. The number of carbonyl (C=O) groups excluding carboxylic acids is 2. The van der Waals surface area contributed by atoms with Gasteiger partial charge in [-0.1, -0.05) is 24.3 Å². The Bertz CT molecular complexity index is 747. The molecule has 0 aliphatic carbocycles. The molecule has 0 bridgehead atoms. The molecule has 3 rings (SSSR count). The summed E-state index contributed by atoms with van der Waals surface area (Å²) in [5, 5.41) is 10.0. The summed E-state index contributed by atoms with van der Waals surface area (Å²) in [6, 6.07) is 15.7. The zero-order valence-electron chi connectivity index (χ0n) is 12.2. The summed E-state index contributed by atoms with van der Waals surface area (Å²) in [4.78, 5) is 16.2. The van der Waals surface area contributed by atoms with Crippen molar-refractivity contribution in [1.29, 1.82) is 0 Å². The van der Waals surface area contributed by atoms with E-state index in [1.54, 1.807) is 7.11 Å². The third-order valence-electron chi connectivity index (χ3n) is 2.89. The molecular formula is C16H13N3O4. The molecule has 0 unspecified atom stereocenters. The van der Waals surface area contributed by atoms with Crippen LogP contribution in [0.3, 0.4) is 0 Å². The minimum atomic E-state index is 0.250. The summed E-state index contributed by atoms with van der Waals surface area (Å²) in [5.41, 5.74) is 2.24. The zero-order chi connectivity index (χ0) is 16.5. The molecule has 7 heteroatoms. The molecule has 116 valence electrons. The molecule has 0 radical (unpaired) electrons. The number of hydrogen-bond donors (Lipinski definition) is 1. The fourth-order valence-corrected chi connectivity index (χ4v) is 1.86. The number of nitrogens with one attached hydrogen (secondary N) is 1. The van der Waals surface area contributed by atoms with Crippen molar-refractivity contribution in [3.63, 3.8) is 0 Å². The van der Waals surface area contributed by atoms with E-state index < -0.39 is 0 Å². The van der Waals surface area contributed by atoms with Crippen molar-refractivity contribution >= 4 is 6.15 Å². The lowest BCUT2D eigenvalue weighted by atomic mass is 10.1. The maximum absolute atomic E-state index is 8.12. The first-order valence-electron chi connectivity index (χ1n) is 6.54. The monoisotopic (exact) mass is 311 g/mol. The second-order valence-corrected chi connectivity index (χ2v) is 4.25. The van der Waals surface area contributed by atoms with Crippen molar-refractivity contribution in [1.82, 2.24) is 15.4 Å². The normalized spacial score (nSPS) is 9.26. The van der Waals surface area contributed by atoms with Gasteiger partial charge in [-0.05, 0) is 35.4 Å². The Labute approximate surface area is 131 Å². The van der Waals surface area contributed by atoms with E-state index in [0.717, 1.165) is 22.6 Å². The minimum absolute atomic E-state index is 0.250. The van der Waals surface area contributed by atoms with Crippen LogP contribution in [-0.2, 0) is 9.59 Å². The van der Waals surface area contributed by atoms with Gasteiger partial charge in [0, 0.05) is 0 Å². The molecule has 3 aromatic rings.